The van der Waals surface area contributed by atoms with Crippen LogP contribution in [-0.4, -0.2) is 48.1 Å². The molecule has 0 bridgehead atoms. The van der Waals surface area contributed by atoms with E-state index in [1.165, 1.54) is 11.9 Å². The highest BCUT2D eigenvalue weighted by atomic mass is 16.4. The molecular formula is C14H19N3O4. The number of carboxylic acid groups (broad SMARTS) is 1. The quantitative estimate of drug-likeness (QED) is 0.751. The smallest absolute Gasteiger partial charge is 0.325 e. The number of imide groups is 1. The fraction of sp³-hybridized carbons (Fsp3) is 0.357. The summed E-state index contributed by atoms with van der Waals surface area (Å²) in [5.41, 5.74) is 2.72. The Hall–Kier alpha value is -2.41. The van der Waals surface area contributed by atoms with Crippen LogP contribution in [0.2, 0.25) is 0 Å². The first-order chi connectivity index (χ1) is 9.77. The Morgan fingerprint density at radius 1 is 1.14 bits per heavy atom. The standard InChI is InChI=1S/C14H19N3O4/c1-9-4-5-11(6-10(9)2)15-14(21)16-12(18)7-17(3)8-13(19)20/h4-6H,7-8H2,1-3H3,(H,19,20)(H2,15,16,18,21). The number of benzene rings is 1. The van der Waals surface area contributed by atoms with Gasteiger partial charge in [-0.3, -0.25) is 19.8 Å². The van der Waals surface area contributed by atoms with Gasteiger partial charge in [0.15, 0.2) is 0 Å². The average molecular weight is 293 g/mol. The highest BCUT2D eigenvalue weighted by Gasteiger charge is 2.12. The molecule has 1 rings (SSSR count). The third-order valence-electron chi connectivity index (χ3n) is 2.84. The van der Waals surface area contributed by atoms with E-state index in [1.807, 2.05) is 19.9 Å². The second-order valence-electron chi connectivity index (χ2n) is 4.87. The molecule has 1 aromatic rings. The number of aliphatic carboxylic acids is 1. The third-order valence-corrected chi connectivity index (χ3v) is 2.84. The summed E-state index contributed by atoms with van der Waals surface area (Å²) in [5, 5.41) is 13.3. The Morgan fingerprint density at radius 2 is 1.81 bits per heavy atom. The molecule has 0 spiro atoms. The summed E-state index contributed by atoms with van der Waals surface area (Å²) >= 11 is 0. The largest absolute Gasteiger partial charge is 0.480 e. The van der Waals surface area contributed by atoms with Crippen LogP contribution in [-0.2, 0) is 9.59 Å². The Bertz CT molecular complexity index is 557. The molecule has 114 valence electrons. The van der Waals surface area contributed by atoms with Crippen molar-refractivity contribution in [1.29, 1.82) is 0 Å². The van der Waals surface area contributed by atoms with Crippen LogP contribution in [0.15, 0.2) is 18.2 Å². The van der Waals surface area contributed by atoms with Gasteiger partial charge in [-0.05, 0) is 44.2 Å². The molecular weight excluding hydrogens is 274 g/mol. The predicted molar refractivity (Wildman–Crippen MR) is 78.2 cm³/mol. The van der Waals surface area contributed by atoms with Crippen molar-refractivity contribution in [3.8, 4) is 0 Å². The molecule has 0 unspecified atom stereocenters. The molecule has 7 nitrogen and oxygen atoms in total. The maximum absolute atomic E-state index is 11.6. The summed E-state index contributed by atoms with van der Waals surface area (Å²) in [4.78, 5) is 34.9. The van der Waals surface area contributed by atoms with Crippen molar-refractivity contribution in [3.05, 3.63) is 29.3 Å². The Morgan fingerprint density at radius 3 is 2.38 bits per heavy atom. The second kappa shape index (κ2) is 7.39. The minimum Gasteiger partial charge on any atom is -0.480 e. The first-order valence-corrected chi connectivity index (χ1v) is 6.36. The number of nitrogens with zero attached hydrogens (tertiary/aromatic N) is 1. The lowest BCUT2D eigenvalue weighted by Gasteiger charge is -2.13. The topological polar surface area (TPSA) is 98.7 Å². The van der Waals surface area contributed by atoms with Gasteiger partial charge in [0.25, 0.3) is 0 Å². The monoisotopic (exact) mass is 293 g/mol. The summed E-state index contributed by atoms with van der Waals surface area (Å²) in [6.07, 6.45) is 0. The SMILES string of the molecule is Cc1ccc(NC(=O)NC(=O)CN(C)CC(=O)O)cc1C. The number of carbonyl (C=O) groups excluding carboxylic acids is 2. The van der Waals surface area contributed by atoms with E-state index in [0.29, 0.717) is 5.69 Å². The number of hydrogen-bond donors (Lipinski definition) is 3. The Kier molecular flexibility index (Phi) is 5.86. The summed E-state index contributed by atoms with van der Waals surface area (Å²) in [7, 11) is 1.48. The van der Waals surface area contributed by atoms with Crippen molar-refractivity contribution in [2.45, 2.75) is 13.8 Å². The number of aryl methyl sites for hydroxylation is 2. The number of hydrogen-bond acceptors (Lipinski definition) is 4. The molecule has 7 heteroatoms. The number of amides is 3. The zero-order valence-corrected chi connectivity index (χ0v) is 12.3. The maximum atomic E-state index is 11.6. The van der Waals surface area contributed by atoms with Crippen molar-refractivity contribution >= 4 is 23.6 Å². The van der Waals surface area contributed by atoms with Crippen LogP contribution < -0.4 is 10.6 Å². The van der Waals surface area contributed by atoms with E-state index in [1.54, 1.807) is 12.1 Å². The molecule has 0 aliphatic rings. The lowest BCUT2D eigenvalue weighted by molar-refractivity contribution is -0.138. The van der Waals surface area contributed by atoms with Crippen molar-refractivity contribution in [1.82, 2.24) is 10.2 Å². The van der Waals surface area contributed by atoms with E-state index in [2.05, 4.69) is 10.6 Å². The van der Waals surface area contributed by atoms with E-state index in [0.717, 1.165) is 11.1 Å². The minimum atomic E-state index is -1.04. The van der Waals surface area contributed by atoms with Crippen LogP contribution in [0.3, 0.4) is 0 Å². The van der Waals surface area contributed by atoms with E-state index in [4.69, 9.17) is 5.11 Å². The minimum absolute atomic E-state index is 0.174. The Balaban J connectivity index is 2.47. The predicted octanol–water partition coefficient (Wildman–Crippen LogP) is 0.968. The highest BCUT2D eigenvalue weighted by Crippen LogP contribution is 2.13. The van der Waals surface area contributed by atoms with E-state index in [-0.39, 0.29) is 13.1 Å². The number of rotatable bonds is 5. The van der Waals surface area contributed by atoms with Gasteiger partial charge >= 0.3 is 12.0 Å². The van der Waals surface area contributed by atoms with Gasteiger partial charge in [-0.15, -0.1) is 0 Å². The highest BCUT2D eigenvalue weighted by molar-refractivity contribution is 6.01. The fourth-order valence-corrected chi connectivity index (χ4v) is 1.68. The van der Waals surface area contributed by atoms with Crippen LogP contribution in [0, 0.1) is 13.8 Å². The van der Waals surface area contributed by atoms with Crippen LogP contribution in [0.1, 0.15) is 11.1 Å². The summed E-state index contributed by atoms with van der Waals surface area (Å²) in [6.45, 7) is 3.43. The first-order valence-electron chi connectivity index (χ1n) is 6.36. The number of urea groups is 1. The van der Waals surface area contributed by atoms with E-state index >= 15 is 0 Å². The van der Waals surface area contributed by atoms with Crippen molar-refractivity contribution in [3.63, 3.8) is 0 Å². The maximum Gasteiger partial charge on any atom is 0.325 e. The van der Waals surface area contributed by atoms with E-state index in [9.17, 15) is 14.4 Å². The molecule has 1 aromatic carbocycles. The van der Waals surface area contributed by atoms with Gasteiger partial charge in [0, 0.05) is 5.69 Å². The number of nitrogens with one attached hydrogen (secondary N) is 2. The van der Waals surface area contributed by atoms with Gasteiger partial charge in [-0.2, -0.15) is 0 Å². The zero-order valence-electron chi connectivity index (χ0n) is 12.3. The number of carboxylic acids is 1. The molecule has 0 aliphatic carbocycles. The lowest BCUT2D eigenvalue weighted by atomic mass is 10.1. The summed E-state index contributed by atoms with van der Waals surface area (Å²) in [5.74, 6) is -1.61. The number of anilines is 1. The molecule has 21 heavy (non-hydrogen) atoms. The molecule has 0 fully saturated rings. The van der Waals surface area contributed by atoms with Crippen molar-refractivity contribution in [2.24, 2.45) is 0 Å². The van der Waals surface area contributed by atoms with Crippen molar-refractivity contribution in [2.75, 3.05) is 25.5 Å². The van der Waals surface area contributed by atoms with Crippen LogP contribution in [0.4, 0.5) is 10.5 Å². The van der Waals surface area contributed by atoms with Crippen LogP contribution in [0.5, 0.6) is 0 Å². The van der Waals surface area contributed by atoms with E-state index < -0.39 is 17.9 Å². The van der Waals surface area contributed by atoms with Crippen LogP contribution in [0.25, 0.3) is 0 Å². The fourth-order valence-electron chi connectivity index (χ4n) is 1.68. The molecule has 3 N–H and O–H groups in total. The molecule has 0 atom stereocenters. The van der Waals surface area contributed by atoms with Gasteiger partial charge in [-0.1, -0.05) is 6.07 Å². The van der Waals surface area contributed by atoms with Crippen molar-refractivity contribution < 1.29 is 19.5 Å². The molecule has 0 heterocycles. The van der Waals surface area contributed by atoms with Gasteiger partial charge in [0.05, 0.1) is 13.1 Å². The van der Waals surface area contributed by atoms with Gasteiger partial charge in [0.2, 0.25) is 5.91 Å². The molecule has 3 amide bonds. The second-order valence-corrected chi connectivity index (χ2v) is 4.87. The van der Waals surface area contributed by atoms with Crippen LogP contribution >= 0.6 is 0 Å². The third kappa shape index (κ3) is 6.05. The number of likely N-dealkylation sites (N-methyl/N-ethyl adjacent to an activating group) is 1. The number of carbonyl (C=O) groups is 3. The summed E-state index contributed by atoms with van der Waals surface area (Å²) in [6, 6.07) is 4.76. The zero-order chi connectivity index (χ0) is 16.0. The van der Waals surface area contributed by atoms with Gasteiger partial charge in [-0.25, -0.2) is 4.79 Å². The molecule has 0 aliphatic heterocycles. The normalized spacial score (nSPS) is 10.3. The Labute approximate surface area is 122 Å². The molecule has 0 saturated carbocycles. The summed E-state index contributed by atoms with van der Waals surface area (Å²) < 4.78 is 0. The molecule has 0 aromatic heterocycles. The lowest BCUT2D eigenvalue weighted by Crippen LogP contribution is -2.41. The molecule has 0 saturated heterocycles. The van der Waals surface area contributed by atoms with Gasteiger partial charge < -0.3 is 10.4 Å². The average Bonchev–Trinajstić information content (AvgIpc) is 2.32. The first kappa shape index (κ1) is 16.6. The molecule has 0 radical (unpaired) electrons. The van der Waals surface area contributed by atoms with Gasteiger partial charge in [0.1, 0.15) is 0 Å².